The fraction of sp³-hybridized carbons (Fsp3) is 0.292. The van der Waals surface area contributed by atoms with Crippen LogP contribution in [0.1, 0.15) is 37.4 Å². The Labute approximate surface area is 180 Å². The van der Waals surface area contributed by atoms with Crippen LogP contribution in [0, 0.1) is 28.9 Å². The second kappa shape index (κ2) is 8.88. The molecule has 1 aliphatic carbocycles. The Bertz CT molecular complexity index is 1050. The van der Waals surface area contributed by atoms with Gasteiger partial charge >= 0.3 is 0 Å². The van der Waals surface area contributed by atoms with Crippen LogP contribution in [-0.4, -0.2) is 39.6 Å². The molecule has 1 amide bonds. The van der Waals surface area contributed by atoms with Gasteiger partial charge < -0.3 is 4.90 Å². The standard InChI is InChI=1S/C24H23F2N4O/c1-15(17-8-11-30(12-9-17)21(31)13-16-5-6-16)22(20-7-10-28-14-29-20)24(27)18-3-2-4-19(25)23(18)26/h2-7,10,14,17,27H,8-9,11-13H2,1H3/b22-15+,27-24?. The summed E-state index contributed by atoms with van der Waals surface area (Å²) in [6, 6.07) is 5.50. The zero-order valence-electron chi connectivity index (χ0n) is 17.2. The number of hydrogen-bond donors (Lipinski definition) is 1. The van der Waals surface area contributed by atoms with Crippen molar-refractivity contribution in [3.8, 4) is 0 Å². The molecule has 4 rings (SSSR count). The number of carbonyl (C=O) groups excluding carboxylic acids is 1. The fourth-order valence-corrected chi connectivity index (χ4v) is 4.03. The Morgan fingerprint density at radius 3 is 2.58 bits per heavy atom. The highest BCUT2D eigenvalue weighted by Gasteiger charge is 2.29. The first kappa shape index (κ1) is 21.0. The lowest BCUT2D eigenvalue weighted by molar-refractivity contribution is -0.131. The maximum atomic E-state index is 14.5. The molecule has 1 aromatic heterocycles. The third-order valence-corrected chi connectivity index (χ3v) is 5.92. The van der Waals surface area contributed by atoms with Gasteiger partial charge in [0.05, 0.1) is 11.4 Å². The predicted molar refractivity (Wildman–Crippen MR) is 114 cm³/mol. The molecule has 1 radical (unpaired) electrons. The number of nitrogens with one attached hydrogen (secondary N) is 1. The summed E-state index contributed by atoms with van der Waals surface area (Å²) < 4.78 is 28.3. The van der Waals surface area contributed by atoms with E-state index in [2.05, 4.69) is 9.97 Å². The molecule has 1 saturated heterocycles. The molecule has 1 N–H and O–H groups in total. The molecule has 2 aliphatic rings. The van der Waals surface area contributed by atoms with Crippen LogP contribution in [0.25, 0.3) is 5.57 Å². The van der Waals surface area contributed by atoms with Crippen LogP contribution in [0.4, 0.5) is 8.78 Å². The van der Waals surface area contributed by atoms with Crippen LogP contribution in [0.5, 0.6) is 0 Å². The van der Waals surface area contributed by atoms with Gasteiger partial charge in [0.15, 0.2) is 11.6 Å². The number of amides is 1. The quantitative estimate of drug-likeness (QED) is 0.704. The van der Waals surface area contributed by atoms with Crippen molar-refractivity contribution in [3.05, 3.63) is 83.3 Å². The topological polar surface area (TPSA) is 69.9 Å². The van der Waals surface area contributed by atoms with Gasteiger partial charge in [0.25, 0.3) is 0 Å². The van der Waals surface area contributed by atoms with Crippen molar-refractivity contribution in [3.63, 3.8) is 0 Å². The third kappa shape index (κ3) is 4.60. The van der Waals surface area contributed by atoms with Crippen LogP contribution in [0.3, 0.4) is 0 Å². The van der Waals surface area contributed by atoms with Crippen molar-refractivity contribution in [1.82, 2.24) is 14.9 Å². The highest BCUT2D eigenvalue weighted by molar-refractivity contribution is 6.30. The van der Waals surface area contributed by atoms with Gasteiger partial charge in [-0.25, -0.2) is 18.7 Å². The van der Waals surface area contributed by atoms with Crippen molar-refractivity contribution in [1.29, 1.82) is 5.41 Å². The summed E-state index contributed by atoms with van der Waals surface area (Å²) in [7, 11) is 0. The molecule has 7 heteroatoms. The predicted octanol–water partition coefficient (Wildman–Crippen LogP) is 4.37. The smallest absolute Gasteiger partial charge is 0.223 e. The lowest BCUT2D eigenvalue weighted by atomic mass is 9.83. The number of benzene rings is 1. The van der Waals surface area contributed by atoms with Crippen molar-refractivity contribution < 1.29 is 13.6 Å². The van der Waals surface area contributed by atoms with E-state index >= 15 is 0 Å². The Balaban J connectivity index is 1.61. The molecular weight excluding hydrogens is 398 g/mol. The van der Waals surface area contributed by atoms with Gasteiger partial charge in [-0.1, -0.05) is 23.8 Å². The van der Waals surface area contributed by atoms with E-state index in [1.807, 2.05) is 24.0 Å². The molecule has 31 heavy (non-hydrogen) atoms. The Morgan fingerprint density at radius 2 is 1.94 bits per heavy atom. The van der Waals surface area contributed by atoms with Crippen LogP contribution < -0.4 is 0 Å². The minimum absolute atomic E-state index is 0.102. The lowest BCUT2D eigenvalue weighted by Crippen LogP contribution is -2.39. The van der Waals surface area contributed by atoms with Gasteiger partial charge in [0.2, 0.25) is 5.91 Å². The first-order chi connectivity index (χ1) is 15.0. The average Bonchev–Trinajstić information content (AvgIpc) is 3.60. The summed E-state index contributed by atoms with van der Waals surface area (Å²) in [4.78, 5) is 22.4. The maximum absolute atomic E-state index is 14.5. The monoisotopic (exact) mass is 421 g/mol. The number of allylic oxidation sites excluding steroid dienone is 4. The zero-order chi connectivity index (χ0) is 22.0. The van der Waals surface area contributed by atoms with Gasteiger partial charge in [-0.15, -0.1) is 0 Å². The Morgan fingerprint density at radius 1 is 1.19 bits per heavy atom. The van der Waals surface area contributed by atoms with Gasteiger partial charge in [-0.05, 0) is 43.9 Å². The zero-order valence-corrected chi connectivity index (χ0v) is 17.2. The number of rotatable bonds is 6. The lowest BCUT2D eigenvalue weighted by Gasteiger charge is -2.33. The SMILES string of the molecule is C/C(=C(\C(=N)c1cccc(F)c1F)c1ccncn1)C1CCN(C(=O)C[C]2C=C2)CC1. The number of halogens is 2. The molecular formula is C24H23F2N4O. The number of aromatic nitrogens is 2. The van der Waals surface area contributed by atoms with Crippen molar-refractivity contribution >= 4 is 17.2 Å². The van der Waals surface area contributed by atoms with Crippen LogP contribution in [0.15, 0.2) is 54.5 Å². The molecule has 5 nitrogen and oxygen atoms in total. The first-order valence-corrected chi connectivity index (χ1v) is 10.3. The van der Waals surface area contributed by atoms with Gasteiger partial charge in [0, 0.05) is 42.8 Å². The van der Waals surface area contributed by atoms with Crippen molar-refractivity contribution in [2.75, 3.05) is 13.1 Å². The minimum atomic E-state index is -1.04. The molecule has 0 saturated carbocycles. The highest BCUT2D eigenvalue weighted by Crippen LogP contribution is 2.33. The summed E-state index contributed by atoms with van der Waals surface area (Å²) in [5, 5.41) is 8.70. The molecule has 0 unspecified atom stereocenters. The first-order valence-electron chi connectivity index (χ1n) is 10.3. The minimum Gasteiger partial charge on any atom is -0.343 e. The molecule has 0 bridgehead atoms. The Hall–Kier alpha value is -3.22. The second-order valence-corrected chi connectivity index (χ2v) is 7.87. The molecule has 1 fully saturated rings. The van der Waals surface area contributed by atoms with Gasteiger partial charge in [-0.2, -0.15) is 0 Å². The van der Waals surface area contributed by atoms with Crippen molar-refractivity contribution in [2.45, 2.75) is 26.2 Å². The summed E-state index contributed by atoms with van der Waals surface area (Å²) in [5.74, 6) is -0.710. The molecule has 0 spiro atoms. The summed E-state index contributed by atoms with van der Waals surface area (Å²) in [6.07, 6.45) is 8.78. The Kier molecular flexibility index (Phi) is 6.02. The van der Waals surface area contributed by atoms with Crippen molar-refractivity contribution in [2.24, 2.45) is 5.92 Å². The molecule has 1 aromatic carbocycles. The molecule has 2 heterocycles. The summed E-state index contributed by atoms with van der Waals surface area (Å²) in [5.41, 5.74) is 1.65. The largest absolute Gasteiger partial charge is 0.343 e. The van der Waals surface area contributed by atoms with Crippen LogP contribution in [0.2, 0.25) is 0 Å². The van der Waals surface area contributed by atoms with E-state index in [4.69, 9.17) is 5.41 Å². The molecule has 159 valence electrons. The molecule has 0 atom stereocenters. The number of carbonyl (C=O) groups is 1. The second-order valence-electron chi connectivity index (χ2n) is 7.87. The number of nitrogens with zero attached hydrogens (tertiary/aromatic N) is 3. The number of likely N-dealkylation sites (tertiary alicyclic amines) is 1. The number of hydrogen-bond acceptors (Lipinski definition) is 4. The van der Waals surface area contributed by atoms with E-state index in [0.29, 0.717) is 30.8 Å². The van der Waals surface area contributed by atoms with E-state index in [-0.39, 0.29) is 23.1 Å². The third-order valence-electron chi connectivity index (χ3n) is 5.92. The maximum Gasteiger partial charge on any atom is 0.223 e. The van der Waals surface area contributed by atoms with Crippen LogP contribution >= 0.6 is 0 Å². The van der Waals surface area contributed by atoms with Gasteiger partial charge in [-0.3, -0.25) is 10.2 Å². The van der Waals surface area contributed by atoms with E-state index in [0.717, 1.165) is 30.4 Å². The normalized spacial score (nSPS) is 17.5. The van der Waals surface area contributed by atoms with E-state index < -0.39 is 11.6 Å². The van der Waals surface area contributed by atoms with Gasteiger partial charge in [0.1, 0.15) is 6.33 Å². The van der Waals surface area contributed by atoms with Crippen LogP contribution in [-0.2, 0) is 4.79 Å². The summed E-state index contributed by atoms with van der Waals surface area (Å²) in [6.45, 7) is 3.18. The molecule has 2 aromatic rings. The summed E-state index contributed by atoms with van der Waals surface area (Å²) >= 11 is 0. The fourth-order valence-electron chi connectivity index (χ4n) is 4.03. The molecule has 1 aliphatic heterocycles. The number of piperidine rings is 1. The average molecular weight is 421 g/mol. The van der Waals surface area contributed by atoms with E-state index in [1.54, 1.807) is 12.3 Å². The van der Waals surface area contributed by atoms with E-state index in [9.17, 15) is 13.6 Å². The highest BCUT2D eigenvalue weighted by atomic mass is 19.2. The van der Waals surface area contributed by atoms with E-state index in [1.165, 1.54) is 18.5 Å².